The minimum absolute atomic E-state index is 0.289. The topological polar surface area (TPSA) is 81.5 Å². The molecule has 0 bridgehead atoms. The van der Waals surface area contributed by atoms with Crippen LogP contribution in [-0.2, 0) is 16.3 Å². The molecule has 26 heavy (non-hydrogen) atoms. The maximum atomic E-state index is 11.9. The highest BCUT2D eigenvalue weighted by atomic mass is 32.2. The first kappa shape index (κ1) is 18.0. The first-order valence-electron chi connectivity index (χ1n) is 7.88. The van der Waals surface area contributed by atoms with Gasteiger partial charge in [-0.25, -0.2) is 8.99 Å². The van der Waals surface area contributed by atoms with E-state index in [0.717, 1.165) is 16.5 Å². The zero-order chi connectivity index (χ0) is 18.7. The summed E-state index contributed by atoms with van der Waals surface area (Å²) in [5.41, 5.74) is 1.58. The molecule has 0 radical (unpaired) electrons. The van der Waals surface area contributed by atoms with Gasteiger partial charge in [-0.05, 0) is 29.8 Å². The fraction of sp³-hybridized carbons (Fsp3) is 0.211. The molecule has 0 unspecified atom stereocenters. The van der Waals surface area contributed by atoms with E-state index in [0.29, 0.717) is 22.1 Å². The Kier molecular flexibility index (Phi) is 4.99. The summed E-state index contributed by atoms with van der Waals surface area (Å²) in [7, 11) is 0.401. The van der Waals surface area contributed by atoms with Gasteiger partial charge in [0.05, 0.1) is 29.5 Å². The van der Waals surface area contributed by atoms with Gasteiger partial charge in [0.15, 0.2) is 11.5 Å². The van der Waals surface area contributed by atoms with Gasteiger partial charge in [0.25, 0.3) is 0 Å². The van der Waals surface area contributed by atoms with E-state index < -0.39 is 9.73 Å². The largest absolute Gasteiger partial charge is 0.493 e. The van der Waals surface area contributed by atoms with Crippen molar-refractivity contribution in [3.63, 3.8) is 0 Å². The second-order valence-corrected chi connectivity index (χ2v) is 7.97. The highest BCUT2D eigenvalue weighted by molar-refractivity contribution is 7.91. The Bertz CT molecular complexity index is 1050. The molecule has 0 fully saturated rings. The lowest BCUT2D eigenvalue weighted by Crippen LogP contribution is -2.00. The van der Waals surface area contributed by atoms with Gasteiger partial charge in [-0.2, -0.15) is 0 Å². The summed E-state index contributed by atoms with van der Waals surface area (Å²) in [6.07, 6.45) is 3.08. The number of aromatic nitrogens is 1. The van der Waals surface area contributed by atoms with Crippen molar-refractivity contribution in [3.05, 3.63) is 54.2 Å². The fourth-order valence-electron chi connectivity index (χ4n) is 2.61. The van der Waals surface area contributed by atoms with Crippen molar-refractivity contribution >= 4 is 20.6 Å². The number of hydrogen-bond donors (Lipinski definition) is 1. The van der Waals surface area contributed by atoms with Gasteiger partial charge in [0.2, 0.25) is 0 Å². The Balaban J connectivity index is 1.92. The molecule has 0 saturated heterocycles. The van der Waals surface area contributed by atoms with Crippen LogP contribution in [0.5, 0.6) is 17.2 Å². The van der Waals surface area contributed by atoms with Crippen LogP contribution < -0.4 is 14.2 Å². The predicted octanol–water partition coefficient (Wildman–Crippen LogP) is 3.87. The van der Waals surface area contributed by atoms with E-state index in [9.17, 15) is 4.21 Å². The van der Waals surface area contributed by atoms with Crippen LogP contribution in [0.3, 0.4) is 0 Å². The van der Waals surface area contributed by atoms with E-state index in [4.69, 9.17) is 19.0 Å². The van der Waals surface area contributed by atoms with Crippen molar-refractivity contribution in [1.29, 1.82) is 4.78 Å². The highest BCUT2D eigenvalue weighted by Crippen LogP contribution is 2.35. The van der Waals surface area contributed by atoms with Gasteiger partial charge < -0.3 is 14.2 Å². The van der Waals surface area contributed by atoms with Gasteiger partial charge in [-0.1, -0.05) is 12.1 Å². The Morgan fingerprint density at radius 3 is 2.46 bits per heavy atom. The molecule has 0 saturated carbocycles. The third-order valence-electron chi connectivity index (χ3n) is 3.95. The molecule has 7 heteroatoms. The molecule has 1 N–H and O–H groups in total. The molecule has 3 rings (SSSR count). The number of ether oxygens (including phenoxy) is 3. The summed E-state index contributed by atoms with van der Waals surface area (Å²) in [6, 6.07) is 12.5. The molecule has 3 aromatic rings. The first-order chi connectivity index (χ1) is 12.4. The number of methoxy groups -OCH3 is 2. The maximum Gasteiger partial charge on any atom is 0.162 e. The van der Waals surface area contributed by atoms with Crippen molar-refractivity contribution in [2.75, 3.05) is 20.5 Å². The van der Waals surface area contributed by atoms with E-state index in [-0.39, 0.29) is 6.61 Å². The molecule has 1 heterocycles. The lowest BCUT2D eigenvalue weighted by molar-refractivity contribution is 0.309. The van der Waals surface area contributed by atoms with E-state index >= 15 is 0 Å². The molecule has 0 aliphatic heterocycles. The molecule has 0 spiro atoms. The molecule has 1 aromatic heterocycles. The summed E-state index contributed by atoms with van der Waals surface area (Å²) in [5.74, 6) is 1.86. The van der Waals surface area contributed by atoms with Crippen LogP contribution in [-0.4, -0.2) is 29.7 Å². The zero-order valence-corrected chi connectivity index (χ0v) is 15.6. The summed E-state index contributed by atoms with van der Waals surface area (Å²) in [4.78, 5) is 4.84. The summed E-state index contributed by atoms with van der Waals surface area (Å²) in [6.45, 7) is 0.289. The number of rotatable bonds is 6. The lowest BCUT2D eigenvalue weighted by Gasteiger charge is -2.13. The fourth-order valence-corrected chi connectivity index (χ4v) is 3.33. The van der Waals surface area contributed by atoms with Crippen LogP contribution in [0, 0.1) is 4.78 Å². The molecule has 6 nitrogen and oxygen atoms in total. The Morgan fingerprint density at radius 2 is 1.77 bits per heavy atom. The van der Waals surface area contributed by atoms with Crippen LogP contribution in [0.2, 0.25) is 0 Å². The van der Waals surface area contributed by atoms with E-state index in [1.807, 2.05) is 12.1 Å². The molecule has 2 aromatic carbocycles. The molecular formula is C19H20N2O4S. The SMILES string of the molecule is COc1cc2nccc(OCc3cccc([S@](C)(=N)=O)c3)c2cc1OC. The van der Waals surface area contributed by atoms with Gasteiger partial charge in [0, 0.05) is 28.8 Å². The maximum absolute atomic E-state index is 11.9. The average molecular weight is 372 g/mol. The number of benzene rings is 2. The van der Waals surface area contributed by atoms with Gasteiger partial charge >= 0.3 is 0 Å². The van der Waals surface area contributed by atoms with E-state index in [2.05, 4.69) is 4.98 Å². The highest BCUT2D eigenvalue weighted by Gasteiger charge is 2.11. The number of fused-ring (bicyclic) bond motifs is 1. The standard InChI is InChI=1S/C19H20N2O4S/c1-23-18-10-15-16(11-19(18)24-2)21-8-7-17(15)25-12-13-5-4-6-14(9-13)26(3,20)22/h4-11,20H,12H2,1-3H3/t26-/m1/s1. The molecular weight excluding hydrogens is 352 g/mol. The molecule has 0 aliphatic rings. The normalized spacial score (nSPS) is 13.2. The van der Waals surface area contributed by atoms with E-state index in [1.54, 1.807) is 50.7 Å². The number of nitrogens with zero attached hydrogens (tertiary/aromatic N) is 1. The third-order valence-corrected chi connectivity index (χ3v) is 5.10. The van der Waals surface area contributed by atoms with Crippen molar-refractivity contribution in [2.24, 2.45) is 0 Å². The summed E-state index contributed by atoms with van der Waals surface area (Å²) < 4.78 is 36.2. The van der Waals surface area contributed by atoms with Crippen molar-refractivity contribution in [2.45, 2.75) is 11.5 Å². The van der Waals surface area contributed by atoms with Crippen LogP contribution in [0.25, 0.3) is 10.9 Å². The van der Waals surface area contributed by atoms with Crippen molar-refractivity contribution in [3.8, 4) is 17.2 Å². The Hall–Kier alpha value is -2.80. The third kappa shape index (κ3) is 3.72. The average Bonchev–Trinajstić information content (AvgIpc) is 2.64. The predicted molar refractivity (Wildman–Crippen MR) is 101 cm³/mol. The van der Waals surface area contributed by atoms with Crippen molar-refractivity contribution in [1.82, 2.24) is 4.98 Å². The molecule has 1 atom stereocenters. The lowest BCUT2D eigenvalue weighted by atomic mass is 10.1. The van der Waals surface area contributed by atoms with Crippen LogP contribution in [0.15, 0.2) is 53.6 Å². The number of hydrogen-bond acceptors (Lipinski definition) is 6. The second kappa shape index (κ2) is 7.21. The van der Waals surface area contributed by atoms with Crippen LogP contribution >= 0.6 is 0 Å². The Morgan fingerprint density at radius 1 is 1.04 bits per heavy atom. The van der Waals surface area contributed by atoms with E-state index in [1.165, 1.54) is 6.26 Å². The second-order valence-electron chi connectivity index (χ2n) is 5.81. The smallest absolute Gasteiger partial charge is 0.162 e. The monoisotopic (exact) mass is 372 g/mol. The van der Waals surface area contributed by atoms with Crippen LogP contribution in [0.1, 0.15) is 5.56 Å². The van der Waals surface area contributed by atoms with Gasteiger partial charge in [-0.15, -0.1) is 0 Å². The number of nitrogens with one attached hydrogen (secondary N) is 1. The first-order valence-corrected chi connectivity index (χ1v) is 9.85. The quantitative estimate of drug-likeness (QED) is 0.710. The van der Waals surface area contributed by atoms with Gasteiger partial charge in [0.1, 0.15) is 12.4 Å². The summed E-state index contributed by atoms with van der Waals surface area (Å²) >= 11 is 0. The van der Waals surface area contributed by atoms with Gasteiger partial charge in [-0.3, -0.25) is 4.98 Å². The minimum Gasteiger partial charge on any atom is -0.493 e. The zero-order valence-electron chi connectivity index (χ0n) is 14.8. The summed E-state index contributed by atoms with van der Waals surface area (Å²) in [5, 5.41) is 0.807. The van der Waals surface area contributed by atoms with Crippen molar-refractivity contribution < 1.29 is 18.4 Å². The Labute approximate surface area is 152 Å². The molecule has 136 valence electrons. The molecule has 0 aliphatic carbocycles. The molecule has 0 amide bonds. The van der Waals surface area contributed by atoms with Crippen LogP contribution in [0.4, 0.5) is 0 Å². The minimum atomic E-state index is -2.76. The number of pyridine rings is 1.